The largest absolute Gasteiger partial charge is 0.478 e. The summed E-state index contributed by atoms with van der Waals surface area (Å²) in [5, 5.41) is 14.7. The molecule has 3 N–H and O–H groups in total. The third-order valence-electron chi connectivity index (χ3n) is 3.55. The van der Waals surface area contributed by atoms with Crippen molar-refractivity contribution < 1.29 is 14.7 Å². The Kier molecular flexibility index (Phi) is 5.51. The van der Waals surface area contributed by atoms with Crippen LogP contribution in [0.25, 0.3) is 6.08 Å². The molecule has 1 heterocycles. The number of anilines is 1. The Morgan fingerprint density at radius 3 is 2.71 bits per heavy atom. The standard InChI is InChI=1S/C16H20N2O3/c19-15(7-3-13-9-10-17-11-13)18-14-5-1-12(2-6-14)4-8-16(20)21/h1-2,4-6,8,13,17H,3,7,9-11H2,(H,18,19)(H,20,21)/b8-4+. The van der Waals surface area contributed by atoms with Gasteiger partial charge in [-0.25, -0.2) is 4.79 Å². The fourth-order valence-corrected chi connectivity index (χ4v) is 2.36. The molecule has 1 aromatic rings. The zero-order valence-electron chi connectivity index (χ0n) is 11.8. The minimum atomic E-state index is -0.978. The fraction of sp³-hybridized carbons (Fsp3) is 0.375. The molecule has 0 spiro atoms. The molecule has 5 nitrogen and oxygen atoms in total. The third-order valence-corrected chi connectivity index (χ3v) is 3.55. The molecular weight excluding hydrogens is 268 g/mol. The summed E-state index contributed by atoms with van der Waals surface area (Å²) in [6.45, 7) is 2.06. The Labute approximate surface area is 124 Å². The lowest BCUT2D eigenvalue weighted by Crippen LogP contribution is -2.14. The molecule has 0 aliphatic carbocycles. The molecule has 1 unspecified atom stereocenters. The maximum Gasteiger partial charge on any atom is 0.328 e. The van der Waals surface area contributed by atoms with Crippen LogP contribution in [0.15, 0.2) is 30.3 Å². The van der Waals surface area contributed by atoms with Gasteiger partial charge in [-0.1, -0.05) is 12.1 Å². The number of amides is 1. The van der Waals surface area contributed by atoms with E-state index < -0.39 is 5.97 Å². The molecule has 0 aromatic heterocycles. The summed E-state index contributed by atoms with van der Waals surface area (Å²) in [5.74, 6) is -0.344. The van der Waals surface area contributed by atoms with Gasteiger partial charge >= 0.3 is 5.97 Å². The van der Waals surface area contributed by atoms with E-state index in [-0.39, 0.29) is 5.91 Å². The minimum Gasteiger partial charge on any atom is -0.478 e. The fourth-order valence-electron chi connectivity index (χ4n) is 2.36. The van der Waals surface area contributed by atoms with Crippen LogP contribution in [-0.4, -0.2) is 30.1 Å². The van der Waals surface area contributed by atoms with E-state index in [0.717, 1.165) is 43.3 Å². The summed E-state index contributed by atoms with van der Waals surface area (Å²) in [5.41, 5.74) is 1.52. The molecule has 1 aliphatic rings. The summed E-state index contributed by atoms with van der Waals surface area (Å²) < 4.78 is 0. The SMILES string of the molecule is O=C(O)/C=C/c1ccc(NC(=O)CCC2CCNC2)cc1. The van der Waals surface area contributed by atoms with Gasteiger partial charge in [0.25, 0.3) is 0 Å². The van der Waals surface area contributed by atoms with Crippen LogP contribution in [-0.2, 0) is 9.59 Å². The Bertz CT molecular complexity index is 517. The Balaban J connectivity index is 1.79. The maximum atomic E-state index is 11.8. The second-order valence-corrected chi connectivity index (χ2v) is 5.24. The topological polar surface area (TPSA) is 78.4 Å². The van der Waals surface area contributed by atoms with Crippen molar-refractivity contribution in [2.24, 2.45) is 5.92 Å². The molecular formula is C16H20N2O3. The van der Waals surface area contributed by atoms with Crippen molar-refractivity contribution in [3.8, 4) is 0 Å². The van der Waals surface area contributed by atoms with Gasteiger partial charge in [0.05, 0.1) is 0 Å². The molecule has 0 bridgehead atoms. The van der Waals surface area contributed by atoms with E-state index in [9.17, 15) is 9.59 Å². The maximum absolute atomic E-state index is 11.8. The van der Waals surface area contributed by atoms with E-state index in [1.807, 2.05) is 0 Å². The number of hydrogen-bond acceptors (Lipinski definition) is 3. The van der Waals surface area contributed by atoms with Gasteiger partial charge < -0.3 is 15.7 Å². The normalized spacial score (nSPS) is 18.0. The summed E-state index contributed by atoms with van der Waals surface area (Å²) in [4.78, 5) is 22.3. The summed E-state index contributed by atoms with van der Waals surface area (Å²) >= 11 is 0. The highest BCUT2D eigenvalue weighted by molar-refractivity contribution is 5.91. The van der Waals surface area contributed by atoms with E-state index >= 15 is 0 Å². The van der Waals surface area contributed by atoms with E-state index in [4.69, 9.17) is 5.11 Å². The van der Waals surface area contributed by atoms with E-state index in [0.29, 0.717) is 12.3 Å². The van der Waals surface area contributed by atoms with Crippen molar-refractivity contribution in [1.82, 2.24) is 5.32 Å². The zero-order valence-corrected chi connectivity index (χ0v) is 11.8. The molecule has 112 valence electrons. The Hall–Kier alpha value is -2.14. The first-order valence-corrected chi connectivity index (χ1v) is 7.15. The van der Waals surface area contributed by atoms with Gasteiger partial charge in [0.1, 0.15) is 0 Å². The van der Waals surface area contributed by atoms with Crippen molar-refractivity contribution in [1.29, 1.82) is 0 Å². The van der Waals surface area contributed by atoms with Gasteiger partial charge in [0.15, 0.2) is 0 Å². The molecule has 1 saturated heterocycles. The van der Waals surface area contributed by atoms with Crippen LogP contribution in [0.3, 0.4) is 0 Å². The number of carbonyl (C=O) groups is 2. The van der Waals surface area contributed by atoms with Crippen LogP contribution >= 0.6 is 0 Å². The molecule has 0 radical (unpaired) electrons. The van der Waals surface area contributed by atoms with Crippen LogP contribution in [0.2, 0.25) is 0 Å². The van der Waals surface area contributed by atoms with Crippen molar-refractivity contribution >= 4 is 23.6 Å². The lowest BCUT2D eigenvalue weighted by molar-refractivity contribution is -0.131. The smallest absolute Gasteiger partial charge is 0.328 e. The average molecular weight is 288 g/mol. The van der Waals surface area contributed by atoms with E-state index in [1.165, 1.54) is 6.08 Å². The predicted octanol–water partition coefficient (Wildman–Crippen LogP) is 2.11. The van der Waals surface area contributed by atoms with Crippen LogP contribution in [0.4, 0.5) is 5.69 Å². The Morgan fingerprint density at radius 1 is 1.33 bits per heavy atom. The van der Waals surface area contributed by atoms with Crippen molar-refractivity contribution in [2.45, 2.75) is 19.3 Å². The van der Waals surface area contributed by atoms with Crippen molar-refractivity contribution in [3.05, 3.63) is 35.9 Å². The van der Waals surface area contributed by atoms with Gasteiger partial charge in [-0.3, -0.25) is 4.79 Å². The first kappa shape index (κ1) is 15.3. The number of carboxylic acid groups (broad SMARTS) is 1. The van der Waals surface area contributed by atoms with Crippen molar-refractivity contribution in [3.63, 3.8) is 0 Å². The molecule has 21 heavy (non-hydrogen) atoms. The minimum absolute atomic E-state index is 0.0238. The zero-order chi connectivity index (χ0) is 15.1. The van der Waals surface area contributed by atoms with Gasteiger partial charge in [0.2, 0.25) is 5.91 Å². The molecule has 1 amide bonds. The Morgan fingerprint density at radius 2 is 2.10 bits per heavy atom. The summed E-state index contributed by atoms with van der Waals surface area (Å²) in [7, 11) is 0. The lowest BCUT2D eigenvalue weighted by atomic mass is 10.0. The van der Waals surface area contributed by atoms with Gasteiger partial charge in [-0.15, -0.1) is 0 Å². The third kappa shape index (κ3) is 5.39. The molecule has 0 saturated carbocycles. The van der Waals surface area contributed by atoms with E-state index in [2.05, 4.69) is 10.6 Å². The van der Waals surface area contributed by atoms with Crippen LogP contribution in [0, 0.1) is 5.92 Å². The number of carbonyl (C=O) groups excluding carboxylic acids is 1. The number of carboxylic acids is 1. The van der Waals surface area contributed by atoms with Gasteiger partial charge in [-0.2, -0.15) is 0 Å². The monoisotopic (exact) mass is 288 g/mol. The second kappa shape index (κ2) is 7.59. The molecule has 1 fully saturated rings. The van der Waals surface area contributed by atoms with Gasteiger partial charge in [0, 0.05) is 18.2 Å². The average Bonchev–Trinajstić information content (AvgIpc) is 2.98. The number of aliphatic carboxylic acids is 1. The van der Waals surface area contributed by atoms with Gasteiger partial charge in [-0.05, 0) is 55.6 Å². The number of nitrogens with one attached hydrogen (secondary N) is 2. The molecule has 5 heteroatoms. The highest BCUT2D eigenvalue weighted by Crippen LogP contribution is 2.16. The summed E-state index contributed by atoms with van der Waals surface area (Å²) in [6, 6.07) is 7.10. The first-order chi connectivity index (χ1) is 10.1. The number of rotatable bonds is 6. The molecule has 1 atom stereocenters. The first-order valence-electron chi connectivity index (χ1n) is 7.15. The highest BCUT2D eigenvalue weighted by atomic mass is 16.4. The molecule has 1 aliphatic heterocycles. The van der Waals surface area contributed by atoms with Crippen LogP contribution in [0.5, 0.6) is 0 Å². The quantitative estimate of drug-likeness (QED) is 0.701. The second-order valence-electron chi connectivity index (χ2n) is 5.24. The number of hydrogen-bond donors (Lipinski definition) is 3. The van der Waals surface area contributed by atoms with Crippen molar-refractivity contribution in [2.75, 3.05) is 18.4 Å². The highest BCUT2D eigenvalue weighted by Gasteiger charge is 2.15. The number of benzene rings is 1. The van der Waals surface area contributed by atoms with Crippen LogP contribution < -0.4 is 10.6 Å². The predicted molar refractivity (Wildman–Crippen MR) is 82.0 cm³/mol. The summed E-state index contributed by atoms with van der Waals surface area (Å²) in [6.07, 6.45) is 5.20. The van der Waals surface area contributed by atoms with E-state index in [1.54, 1.807) is 24.3 Å². The molecule has 2 rings (SSSR count). The van der Waals surface area contributed by atoms with Crippen LogP contribution in [0.1, 0.15) is 24.8 Å². The lowest BCUT2D eigenvalue weighted by Gasteiger charge is -2.08. The molecule has 1 aromatic carbocycles.